The number of carbonyl (C=O) groups is 2. The number of nitrogens with zero attached hydrogens (tertiary/aromatic N) is 1. The molecule has 0 aliphatic carbocycles. The lowest BCUT2D eigenvalue weighted by Crippen LogP contribution is -2.30. The maximum absolute atomic E-state index is 12.4. The molecule has 0 saturated carbocycles. The first-order valence-corrected chi connectivity index (χ1v) is 12.5. The van der Waals surface area contributed by atoms with E-state index >= 15 is 0 Å². The van der Waals surface area contributed by atoms with Gasteiger partial charge in [0.05, 0.1) is 11.1 Å². The molecule has 1 aromatic heterocycles. The number of hydrogen-bond donors (Lipinski definition) is 1. The van der Waals surface area contributed by atoms with Crippen molar-refractivity contribution >= 4 is 50.6 Å². The Morgan fingerprint density at radius 1 is 0.900 bits per heavy atom. The smallest absolute Gasteiger partial charge is 0.271 e. The summed E-state index contributed by atoms with van der Waals surface area (Å²) >= 11 is 2.76. The summed E-state index contributed by atoms with van der Waals surface area (Å²) in [5.41, 5.74) is 1.44. The number of nitrogens with one attached hydrogen (secondary N) is 1. The lowest BCUT2D eigenvalue weighted by Gasteiger charge is -2.13. The van der Waals surface area contributed by atoms with Crippen LogP contribution in [0.3, 0.4) is 0 Å². The summed E-state index contributed by atoms with van der Waals surface area (Å²) in [7, 11) is -3.55. The van der Waals surface area contributed by atoms with Gasteiger partial charge < -0.3 is 0 Å². The number of carbonyl (C=O) groups excluding carboxylic acids is 2. The van der Waals surface area contributed by atoms with Gasteiger partial charge >= 0.3 is 0 Å². The number of amides is 2. The fourth-order valence-corrected chi connectivity index (χ4v) is 5.99. The number of benzene rings is 2. The van der Waals surface area contributed by atoms with Gasteiger partial charge in [-0.2, -0.15) is 0 Å². The van der Waals surface area contributed by atoms with Gasteiger partial charge in [-0.25, -0.2) is 8.42 Å². The fourth-order valence-electron chi connectivity index (χ4n) is 3.10. The molecule has 2 aromatic carbocycles. The van der Waals surface area contributed by atoms with Gasteiger partial charge in [0.15, 0.2) is 0 Å². The molecule has 6 nitrogen and oxygen atoms in total. The summed E-state index contributed by atoms with van der Waals surface area (Å²) in [6.45, 7) is 0.373. The van der Waals surface area contributed by atoms with Crippen molar-refractivity contribution in [2.45, 2.75) is 15.5 Å². The van der Waals surface area contributed by atoms with E-state index in [-0.39, 0.29) is 16.0 Å². The van der Waals surface area contributed by atoms with Crippen LogP contribution in [0.5, 0.6) is 0 Å². The Bertz CT molecular complexity index is 1140. The molecule has 1 aliphatic rings. The molecule has 3 aromatic rings. The summed E-state index contributed by atoms with van der Waals surface area (Å²) in [6, 6.07) is 17.3. The van der Waals surface area contributed by atoms with Crippen molar-refractivity contribution in [3.63, 3.8) is 0 Å². The number of thioether (sulfide) groups is 1. The molecule has 2 heterocycles. The highest BCUT2D eigenvalue weighted by molar-refractivity contribution is 7.99. The molecule has 30 heavy (non-hydrogen) atoms. The molecule has 154 valence electrons. The lowest BCUT2D eigenvalue weighted by molar-refractivity contribution is 0.0655. The van der Waals surface area contributed by atoms with E-state index in [0.29, 0.717) is 29.8 Å². The summed E-state index contributed by atoms with van der Waals surface area (Å²) in [5, 5.41) is 1.72. The third kappa shape index (κ3) is 4.28. The van der Waals surface area contributed by atoms with Gasteiger partial charge in [-0.3, -0.25) is 19.2 Å². The van der Waals surface area contributed by atoms with Gasteiger partial charge in [-0.1, -0.05) is 18.2 Å². The number of fused-ring (bicyclic) bond motifs is 1. The third-order valence-corrected chi connectivity index (χ3v) is 8.42. The normalized spacial score (nSPS) is 13.5. The zero-order valence-electron chi connectivity index (χ0n) is 15.8. The highest BCUT2D eigenvalue weighted by atomic mass is 32.2. The molecule has 0 atom stereocenters. The zero-order valence-corrected chi connectivity index (χ0v) is 18.2. The molecule has 9 heteroatoms. The van der Waals surface area contributed by atoms with Gasteiger partial charge in [0.2, 0.25) is 0 Å². The zero-order chi connectivity index (χ0) is 21.1. The first-order valence-electron chi connectivity index (χ1n) is 9.20. The second-order valence-corrected chi connectivity index (χ2v) is 10.6. The van der Waals surface area contributed by atoms with E-state index in [1.807, 2.05) is 12.1 Å². The van der Waals surface area contributed by atoms with Crippen molar-refractivity contribution < 1.29 is 18.0 Å². The van der Waals surface area contributed by atoms with E-state index in [2.05, 4.69) is 4.72 Å². The molecular weight excluding hydrogens is 440 g/mol. The van der Waals surface area contributed by atoms with E-state index in [1.54, 1.807) is 65.7 Å². The van der Waals surface area contributed by atoms with Gasteiger partial charge in [-0.15, -0.1) is 23.1 Å². The Morgan fingerprint density at radius 2 is 1.57 bits per heavy atom. The van der Waals surface area contributed by atoms with Gasteiger partial charge in [-0.05, 0) is 60.0 Å². The standard InChI is InChI=1S/C21H18N2O4S3/c24-20-17-5-1-2-6-18(17)21(25)23(20)12-4-14-28-16-10-8-15(9-11-16)22-30(26,27)19-7-3-13-29-19/h1-3,5-11,13,22H,4,12,14H2. The van der Waals surface area contributed by atoms with E-state index in [1.165, 1.54) is 16.2 Å². The van der Waals surface area contributed by atoms with Crippen LogP contribution in [-0.2, 0) is 10.0 Å². The Hall–Kier alpha value is -2.62. The first kappa shape index (κ1) is 20.6. The number of anilines is 1. The van der Waals surface area contributed by atoms with Crippen molar-refractivity contribution in [3.8, 4) is 0 Å². The number of imide groups is 1. The average Bonchev–Trinajstić information content (AvgIpc) is 3.36. The van der Waals surface area contributed by atoms with Crippen molar-refractivity contribution in [3.05, 3.63) is 77.2 Å². The number of thiophene rings is 1. The van der Waals surface area contributed by atoms with Crippen molar-refractivity contribution in [2.24, 2.45) is 0 Å². The monoisotopic (exact) mass is 458 g/mol. The lowest BCUT2D eigenvalue weighted by atomic mass is 10.1. The fraction of sp³-hybridized carbons (Fsp3) is 0.143. The van der Waals surface area contributed by atoms with Crippen molar-refractivity contribution in [1.29, 1.82) is 0 Å². The molecule has 1 aliphatic heterocycles. The summed E-state index contributed by atoms with van der Waals surface area (Å²) < 4.78 is 27.3. The van der Waals surface area contributed by atoms with Gasteiger partial charge in [0.1, 0.15) is 4.21 Å². The largest absolute Gasteiger partial charge is 0.279 e. The predicted molar refractivity (Wildman–Crippen MR) is 119 cm³/mol. The molecule has 0 unspecified atom stereocenters. The minimum atomic E-state index is -3.55. The van der Waals surface area contributed by atoms with Crippen LogP contribution in [0, 0.1) is 0 Å². The van der Waals surface area contributed by atoms with E-state index < -0.39 is 10.0 Å². The SMILES string of the molecule is O=C1c2ccccc2C(=O)N1CCCSc1ccc(NS(=O)(=O)c2cccs2)cc1. The Balaban J connectivity index is 1.27. The Morgan fingerprint density at radius 3 is 2.17 bits per heavy atom. The summed E-state index contributed by atoms with van der Waals surface area (Å²) in [6.07, 6.45) is 0.670. The molecule has 2 amide bonds. The van der Waals surface area contributed by atoms with Crippen LogP contribution in [0.4, 0.5) is 5.69 Å². The van der Waals surface area contributed by atoms with Crippen LogP contribution >= 0.6 is 23.1 Å². The Labute approximate surface area is 183 Å². The van der Waals surface area contributed by atoms with Gasteiger partial charge in [0.25, 0.3) is 21.8 Å². The quantitative estimate of drug-likeness (QED) is 0.309. The molecule has 0 spiro atoms. The highest BCUT2D eigenvalue weighted by Crippen LogP contribution is 2.26. The van der Waals surface area contributed by atoms with Crippen LogP contribution in [0.1, 0.15) is 27.1 Å². The topological polar surface area (TPSA) is 83.6 Å². The van der Waals surface area contributed by atoms with E-state index in [0.717, 1.165) is 10.6 Å². The van der Waals surface area contributed by atoms with Crippen LogP contribution in [0.15, 0.2) is 75.1 Å². The van der Waals surface area contributed by atoms with Crippen LogP contribution in [0.2, 0.25) is 0 Å². The van der Waals surface area contributed by atoms with Crippen LogP contribution in [-0.4, -0.2) is 37.4 Å². The molecule has 0 fully saturated rings. The molecule has 0 radical (unpaired) electrons. The third-order valence-electron chi connectivity index (χ3n) is 4.54. The van der Waals surface area contributed by atoms with E-state index in [4.69, 9.17) is 0 Å². The number of hydrogen-bond acceptors (Lipinski definition) is 6. The maximum atomic E-state index is 12.4. The van der Waals surface area contributed by atoms with Crippen molar-refractivity contribution in [1.82, 2.24) is 4.90 Å². The van der Waals surface area contributed by atoms with E-state index in [9.17, 15) is 18.0 Å². The maximum Gasteiger partial charge on any atom is 0.271 e. The van der Waals surface area contributed by atoms with Crippen LogP contribution < -0.4 is 4.72 Å². The summed E-state index contributed by atoms with van der Waals surface area (Å²) in [5.74, 6) is 0.263. The molecule has 0 saturated heterocycles. The second kappa shape index (κ2) is 8.63. The first-order chi connectivity index (χ1) is 14.5. The summed E-state index contributed by atoms with van der Waals surface area (Å²) in [4.78, 5) is 27.0. The van der Waals surface area contributed by atoms with Crippen molar-refractivity contribution in [2.75, 3.05) is 17.0 Å². The number of sulfonamides is 1. The highest BCUT2D eigenvalue weighted by Gasteiger charge is 2.34. The molecule has 4 rings (SSSR count). The minimum absolute atomic E-state index is 0.233. The second-order valence-electron chi connectivity index (χ2n) is 6.57. The minimum Gasteiger partial charge on any atom is -0.279 e. The average molecular weight is 459 g/mol. The molecular formula is C21H18N2O4S3. The molecule has 1 N–H and O–H groups in total. The predicted octanol–water partition coefficient (Wildman–Crippen LogP) is 4.33. The van der Waals surface area contributed by atoms with Gasteiger partial charge in [0, 0.05) is 17.1 Å². The number of rotatable bonds is 8. The molecule has 0 bridgehead atoms. The Kier molecular flexibility index (Phi) is 5.94. The van der Waals surface area contributed by atoms with Crippen LogP contribution in [0.25, 0.3) is 0 Å².